The Morgan fingerprint density at radius 2 is 2.10 bits per heavy atom. The predicted molar refractivity (Wildman–Crippen MR) is 82.2 cm³/mol. The average molecular weight is 281 g/mol. The van der Waals surface area contributed by atoms with E-state index in [2.05, 4.69) is 21.9 Å². The van der Waals surface area contributed by atoms with Gasteiger partial charge in [-0.25, -0.2) is 4.79 Å². The quantitative estimate of drug-likeness (QED) is 0.448. The van der Waals surface area contributed by atoms with E-state index in [1.807, 2.05) is 37.3 Å². The number of carbonyl (C=O) groups excluding carboxylic acids is 2. The molecule has 0 atom stereocenters. The van der Waals surface area contributed by atoms with Gasteiger partial charge in [-0.05, 0) is 24.6 Å². The molecule has 0 saturated carbocycles. The van der Waals surface area contributed by atoms with Crippen molar-refractivity contribution < 1.29 is 9.59 Å². The molecule has 1 fully saturated rings. The van der Waals surface area contributed by atoms with Crippen molar-refractivity contribution in [1.82, 2.24) is 10.6 Å². The first-order valence-corrected chi connectivity index (χ1v) is 6.42. The molecule has 1 aromatic carbocycles. The number of carbonyl (C=O) groups is 2. The molecule has 0 unspecified atom stereocenters. The summed E-state index contributed by atoms with van der Waals surface area (Å²) >= 11 is 0. The summed E-state index contributed by atoms with van der Waals surface area (Å²) < 4.78 is 0. The van der Waals surface area contributed by atoms with E-state index in [0.717, 1.165) is 16.8 Å². The molecule has 1 saturated heterocycles. The van der Waals surface area contributed by atoms with Crippen LogP contribution in [0.2, 0.25) is 0 Å². The smallest absolute Gasteiger partial charge is 0.326 e. The molecule has 3 amide bonds. The number of para-hydroxylation sites is 1. The fraction of sp³-hybridized carbons (Fsp3) is 0.125. The van der Waals surface area contributed by atoms with Crippen molar-refractivity contribution in [3.8, 4) is 12.3 Å². The Hall–Kier alpha value is -3.00. The van der Waals surface area contributed by atoms with Crippen LogP contribution < -0.4 is 16.0 Å². The Labute approximate surface area is 123 Å². The number of rotatable bonds is 4. The Kier molecular flexibility index (Phi) is 4.42. The highest BCUT2D eigenvalue weighted by Gasteiger charge is 2.23. The molecule has 0 aromatic heterocycles. The van der Waals surface area contributed by atoms with Crippen molar-refractivity contribution in [2.45, 2.75) is 6.92 Å². The van der Waals surface area contributed by atoms with Crippen molar-refractivity contribution in [3.63, 3.8) is 0 Å². The van der Waals surface area contributed by atoms with E-state index in [1.165, 1.54) is 0 Å². The zero-order valence-corrected chi connectivity index (χ0v) is 11.6. The summed E-state index contributed by atoms with van der Waals surface area (Å²) in [6.07, 6.45) is 8.76. The minimum atomic E-state index is -0.513. The highest BCUT2D eigenvalue weighted by Crippen LogP contribution is 2.25. The molecule has 0 aliphatic carbocycles. The van der Waals surface area contributed by atoms with Crippen molar-refractivity contribution in [2.75, 3.05) is 11.9 Å². The standard InChI is InChI=1S/C16H15N3O2/c1-3-9-17-13-8-6-5-7-12(13)11(4-2)10-14-15(20)19-16(21)18-14/h1,4-8,10,17H,9H2,2H3,(H2,18,19,20,21)/b11-4-,14-10+. The Balaban J connectivity index is 2.35. The van der Waals surface area contributed by atoms with Crippen molar-refractivity contribution in [1.29, 1.82) is 0 Å². The lowest BCUT2D eigenvalue weighted by Crippen LogP contribution is -2.22. The van der Waals surface area contributed by atoms with Crippen LogP contribution in [0.25, 0.3) is 5.57 Å². The topological polar surface area (TPSA) is 70.2 Å². The van der Waals surface area contributed by atoms with E-state index in [0.29, 0.717) is 6.54 Å². The summed E-state index contributed by atoms with van der Waals surface area (Å²) in [6, 6.07) is 7.10. The minimum Gasteiger partial charge on any atom is -0.374 e. The minimum absolute atomic E-state index is 0.222. The lowest BCUT2D eigenvalue weighted by Gasteiger charge is -2.11. The summed E-state index contributed by atoms with van der Waals surface area (Å²) in [6.45, 7) is 2.26. The molecular weight excluding hydrogens is 266 g/mol. The molecule has 106 valence electrons. The fourth-order valence-corrected chi connectivity index (χ4v) is 1.99. The van der Waals surface area contributed by atoms with Crippen LogP contribution in [0.4, 0.5) is 10.5 Å². The first-order valence-electron chi connectivity index (χ1n) is 6.42. The van der Waals surface area contributed by atoms with E-state index in [-0.39, 0.29) is 5.70 Å². The molecular formula is C16H15N3O2. The predicted octanol–water partition coefficient (Wildman–Crippen LogP) is 1.86. The first-order chi connectivity index (χ1) is 10.2. The van der Waals surface area contributed by atoms with Gasteiger partial charge in [-0.2, -0.15) is 0 Å². The summed E-state index contributed by atoms with van der Waals surface area (Å²) in [7, 11) is 0. The molecule has 0 spiro atoms. The van der Waals surface area contributed by atoms with Gasteiger partial charge in [-0.3, -0.25) is 10.1 Å². The van der Waals surface area contributed by atoms with Crippen LogP contribution in [-0.4, -0.2) is 18.5 Å². The second-order valence-corrected chi connectivity index (χ2v) is 4.31. The molecule has 21 heavy (non-hydrogen) atoms. The largest absolute Gasteiger partial charge is 0.374 e. The van der Waals surface area contributed by atoms with Crippen molar-refractivity contribution in [3.05, 3.63) is 47.7 Å². The Morgan fingerprint density at radius 1 is 1.33 bits per heavy atom. The zero-order chi connectivity index (χ0) is 15.2. The maximum Gasteiger partial charge on any atom is 0.326 e. The number of terminal acetylenes is 1. The van der Waals surface area contributed by atoms with Crippen LogP contribution >= 0.6 is 0 Å². The van der Waals surface area contributed by atoms with E-state index in [4.69, 9.17) is 6.42 Å². The van der Waals surface area contributed by atoms with Gasteiger partial charge in [0.15, 0.2) is 0 Å². The van der Waals surface area contributed by atoms with E-state index < -0.39 is 11.9 Å². The molecule has 0 radical (unpaired) electrons. The molecule has 1 aliphatic heterocycles. The third-order valence-corrected chi connectivity index (χ3v) is 2.95. The second kappa shape index (κ2) is 6.44. The summed E-state index contributed by atoms with van der Waals surface area (Å²) in [5.74, 6) is 2.08. The highest BCUT2D eigenvalue weighted by atomic mass is 16.2. The summed E-state index contributed by atoms with van der Waals surface area (Å²) in [5.41, 5.74) is 2.80. The zero-order valence-electron chi connectivity index (χ0n) is 11.6. The average Bonchev–Trinajstić information content (AvgIpc) is 2.80. The van der Waals surface area contributed by atoms with Gasteiger partial charge in [-0.15, -0.1) is 6.42 Å². The van der Waals surface area contributed by atoms with Gasteiger partial charge in [0.05, 0.1) is 6.54 Å². The molecule has 5 nitrogen and oxygen atoms in total. The van der Waals surface area contributed by atoms with Crippen LogP contribution in [0.5, 0.6) is 0 Å². The fourth-order valence-electron chi connectivity index (χ4n) is 1.99. The van der Waals surface area contributed by atoms with Crippen LogP contribution in [0.3, 0.4) is 0 Å². The van der Waals surface area contributed by atoms with Gasteiger partial charge in [-0.1, -0.05) is 30.2 Å². The molecule has 5 heteroatoms. The van der Waals surface area contributed by atoms with E-state index in [1.54, 1.807) is 6.08 Å². The van der Waals surface area contributed by atoms with Gasteiger partial charge in [0.1, 0.15) is 5.70 Å². The normalized spacial score (nSPS) is 16.4. The van der Waals surface area contributed by atoms with Gasteiger partial charge in [0.2, 0.25) is 0 Å². The van der Waals surface area contributed by atoms with Crippen LogP contribution in [0, 0.1) is 12.3 Å². The Morgan fingerprint density at radius 3 is 2.71 bits per heavy atom. The van der Waals surface area contributed by atoms with Crippen LogP contribution in [-0.2, 0) is 4.79 Å². The molecule has 1 heterocycles. The SMILES string of the molecule is C#CCNc1ccccc1C(=C\C)/C=C1/NC(=O)NC1=O. The Bertz CT molecular complexity index is 681. The number of allylic oxidation sites excluding steroid dienone is 3. The maximum atomic E-state index is 11.6. The lowest BCUT2D eigenvalue weighted by molar-refractivity contribution is -0.115. The van der Waals surface area contributed by atoms with Crippen LogP contribution in [0.1, 0.15) is 12.5 Å². The van der Waals surface area contributed by atoms with E-state index in [9.17, 15) is 9.59 Å². The molecule has 1 aromatic rings. The van der Waals surface area contributed by atoms with Gasteiger partial charge in [0, 0.05) is 11.3 Å². The number of urea groups is 1. The first kappa shape index (κ1) is 14.4. The van der Waals surface area contributed by atoms with Gasteiger partial charge >= 0.3 is 6.03 Å². The summed E-state index contributed by atoms with van der Waals surface area (Å²) in [4.78, 5) is 22.7. The third-order valence-electron chi connectivity index (χ3n) is 2.95. The number of imide groups is 1. The molecule has 3 N–H and O–H groups in total. The molecule has 0 bridgehead atoms. The van der Waals surface area contributed by atoms with Gasteiger partial charge < -0.3 is 10.6 Å². The number of anilines is 1. The molecule has 2 rings (SSSR count). The number of hydrogen-bond acceptors (Lipinski definition) is 3. The van der Waals surface area contributed by atoms with Crippen LogP contribution in [0.15, 0.2) is 42.1 Å². The monoisotopic (exact) mass is 281 g/mol. The number of benzene rings is 1. The maximum absolute atomic E-state index is 11.6. The highest BCUT2D eigenvalue weighted by molar-refractivity contribution is 6.12. The van der Waals surface area contributed by atoms with Crippen molar-refractivity contribution >= 4 is 23.2 Å². The lowest BCUT2D eigenvalue weighted by atomic mass is 10.0. The number of nitrogens with one attached hydrogen (secondary N) is 3. The van der Waals surface area contributed by atoms with Gasteiger partial charge in [0.25, 0.3) is 5.91 Å². The second-order valence-electron chi connectivity index (χ2n) is 4.31. The third kappa shape index (κ3) is 3.31. The van der Waals surface area contributed by atoms with Crippen molar-refractivity contribution in [2.24, 2.45) is 0 Å². The summed E-state index contributed by atoms with van der Waals surface area (Å²) in [5, 5.41) is 7.77. The number of amides is 3. The molecule has 1 aliphatic rings. The van der Waals surface area contributed by atoms with E-state index >= 15 is 0 Å². The number of hydrogen-bond donors (Lipinski definition) is 3.